The Labute approximate surface area is 469 Å². The number of benzene rings is 2. The number of aliphatic hydroxyl groups excluding tert-OH is 2. The molecule has 2 aromatic carbocycles. The summed E-state index contributed by atoms with van der Waals surface area (Å²) in [6, 6.07) is 11.3. The molecule has 20 nitrogen and oxygen atoms in total. The summed E-state index contributed by atoms with van der Waals surface area (Å²) < 4.78 is 103. The Bertz CT molecular complexity index is 3310. The molecule has 428 valence electrons. The van der Waals surface area contributed by atoms with Crippen molar-refractivity contribution in [3.05, 3.63) is 107 Å². The molecule has 0 unspecified atom stereocenters. The van der Waals surface area contributed by atoms with E-state index in [-0.39, 0.29) is 93.2 Å². The number of urea groups is 2. The highest BCUT2D eigenvalue weighted by atomic mass is 35.5. The Balaban J connectivity index is 0.000000182. The molecule has 3 saturated heterocycles. The van der Waals surface area contributed by atoms with Gasteiger partial charge in [0.05, 0.1) is 94.0 Å². The number of nitrogens with one attached hydrogen (secondary N) is 2. The predicted molar refractivity (Wildman–Crippen MR) is 286 cm³/mol. The second kappa shape index (κ2) is 23.2. The summed E-state index contributed by atoms with van der Waals surface area (Å²) in [7, 11) is 0. The van der Waals surface area contributed by atoms with E-state index in [1.54, 1.807) is 12.1 Å². The zero-order valence-corrected chi connectivity index (χ0v) is 44.7. The number of alkyl halides is 6. The molecular formula is C53H52Cl2F6N12O8. The molecule has 5 aliphatic rings. The van der Waals surface area contributed by atoms with Gasteiger partial charge in [0.15, 0.2) is 29.1 Å². The Hall–Kier alpha value is -7.36. The van der Waals surface area contributed by atoms with Gasteiger partial charge in [-0.3, -0.25) is 30.4 Å². The summed E-state index contributed by atoms with van der Waals surface area (Å²) in [5, 5.41) is 24.2. The summed E-state index contributed by atoms with van der Waals surface area (Å²) in [6.45, 7) is 6.07. The van der Waals surface area contributed by atoms with Crippen LogP contribution in [0, 0.1) is 0 Å². The molecule has 11 rings (SSSR count). The number of aliphatic hydroxyl groups is 2. The summed E-state index contributed by atoms with van der Waals surface area (Å²) in [4.78, 5) is 60.4. The minimum absolute atomic E-state index is 0.0277. The maximum atomic E-state index is 13.7. The van der Waals surface area contributed by atoms with Crippen molar-refractivity contribution in [2.24, 2.45) is 0 Å². The zero-order chi connectivity index (χ0) is 57.4. The number of carbonyl (C=O) groups excluding carboxylic acids is 2. The highest BCUT2D eigenvalue weighted by Crippen LogP contribution is 2.45. The van der Waals surface area contributed by atoms with E-state index in [1.807, 2.05) is 13.8 Å². The smallest absolute Gasteiger partial charge is 0.416 e. The van der Waals surface area contributed by atoms with Crippen molar-refractivity contribution < 1.29 is 65.1 Å². The van der Waals surface area contributed by atoms with Gasteiger partial charge in [0.25, 0.3) is 0 Å². The van der Waals surface area contributed by atoms with E-state index in [1.165, 1.54) is 58.9 Å². The van der Waals surface area contributed by atoms with Crippen molar-refractivity contribution >= 4 is 69.9 Å². The van der Waals surface area contributed by atoms with Crippen LogP contribution in [0.4, 0.5) is 70.6 Å². The first-order valence-corrected chi connectivity index (χ1v) is 26.3. The molecule has 0 radical (unpaired) electrons. The van der Waals surface area contributed by atoms with E-state index in [2.05, 4.69) is 50.3 Å². The van der Waals surface area contributed by atoms with Crippen molar-refractivity contribution in [1.82, 2.24) is 29.9 Å². The lowest BCUT2D eigenvalue weighted by Gasteiger charge is -2.46. The standard InChI is InChI=1S/C28H28ClF3N6O4.C25H24ClF3N6O4/c1-27(2)41-15-19(42-27)14-40-23-12-33-11-22(34-23)35-26(39)38-18-7-4-8-37(13-18)21-10-20(29)24(36-25(21)38)16-5-3-6-17(9-16)28(30,31)32;26-18-8-19-23(33-22(18)14-3-1-4-15(7-14)25(27,28)29)35(16-5-2-6-34(19)11-16)24(38)32-20-9-30-10-21(31-20)39-13-17(37)12-36/h3,5-6,9-12,18-19H,4,7-8,13-15H2,1-2H3,(H,34,35,39);1,3-4,7-10,16-17,36-37H,2,5-6,11-13H2,(H,31,32,38)/t18-,19+;16-,17-/m00/s1. The molecule has 3 fully saturated rings. The number of aromatic nitrogens is 6. The summed E-state index contributed by atoms with van der Waals surface area (Å²) in [6.07, 6.45) is -1.95. The van der Waals surface area contributed by atoms with Gasteiger partial charge in [-0.1, -0.05) is 47.5 Å². The number of rotatable bonds is 11. The number of carbonyl (C=O) groups is 2. The SMILES string of the molecule is CC1(C)OC[C@@H](COc2cncc(NC(=O)N3c4nc(-c5cccc(C(F)(F)F)c5)c(Cl)cc4N4CCC[C@H]3C4)n2)O1.O=C(Nc1cncc(OC[C@@H](O)CO)n1)N1c2nc(-c3cccc(C(F)(F)F)c3)c(Cl)cc2N2CCC[C@H]1C2. The number of nitrogens with zero attached hydrogens (tertiary/aromatic N) is 10. The number of piperidine rings is 2. The monoisotopic (exact) mass is 1170 g/mol. The Morgan fingerprint density at radius 3 is 1.65 bits per heavy atom. The highest BCUT2D eigenvalue weighted by molar-refractivity contribution is 6.34. The Morgan fingerprint density at radius 2 is 1.21 bits per heavy atom. The molecule has 4 amide bonds. The van der Waals surface area contributed by atoms with Crippen molar-refractivity contribution in [1.29, 1.82) is 0 Å². The molecule has 4 aromatic heterocycles. The number of halogens is 8. The van der Waals surface area contributed by atoms with Gasteiger partial charge in [0, 0.05) is 37.3 Å². The lowest BCUT2D eigenvalue weighted by molar-refractivity contribution is -0.141. The van der Waals surface area contributed by atoms with Crippen molar-refractivity contribution in [3.8, 4) is 34.3 Å². The van der Waals surface area contributed by atoms with E-state index in [0.29, 0.717) is 43.3 Å². The first kappa shape index (κ1) is 56.9. The molecule has 6 aromatic rings. The summed E-state index contributed by atoms with van der Waals surface area (Å²) in [5.74, 6) is 0.346. The van der Waals surface area contributed by atoms with Crippen LogP contribution in [0.25, 0.3) is 22.5 Å². The third-order valence-corrected chi connectivity index (χ3v) is 14.3. The molecule has 5 aliphatic heterocycles. The predicted octanol–water partition coefficient (Wildman–Crippen LogP) is 9.73. The Kier molecular flexibility index (Phi) is 16.3. The quantitative estimate of drug-likeness (QED) is 0.0886. The van der Waals surface area contributed by atoms with Crippen LogP contribution in [0.15, 0.2) is 85.5 Å². The minimum Gasteiger partial charge on any atom is -0.474 e. The first-order valence-electron chi connectivity index (χ1n) is 25.6. The summed E-state index contributed by atoms with van der Waals surface area (Å²) in [5.41, 5.74) is 0.217. The lowest BCUT2D eigenvalue weighted by Crippen LogP contribution is -2.56. The van der Waals surface area contributed by atoms with Crippen LogP contribution in [0.2, 0.25) is 10.0 Å². The molecular weight excluding hydrogens is 1120 g/mol. The van der Waals surface area contributed by atoms with Gasteiger partial charge in [0.2, 0.25) is 11.8 Å². The van der Waals surface area contributed by atoms with Crippen LogP contribution in [0.1, 0.15) is 50.7 Å². The van der Waals surface area contributed by atoms with Gasteiger partial charge in [0.1, 0.15) is 25.4 Å². The number of pyridine rings is 2. The normalized spacial score (nSPS) is 19.4. The van der Waals surface area contributed by atoms with Crippen LogP contribution in [0.5, 0.6) is 11.8 Å². The van der Waals surface area contributed by atoms with E-state index < -0.39 is 54.0 Å². The van der Waals surface area contributed by atoms with E-state index in [4.69, 9.17) is 47.3 Å². The number of anilines is 6. The maximum absolute atomic E-state index is 13.7. The molecule has 0 saturated carbocycles. The Morgan fingerprint density at radius 1 is 0.728 bits per heavy atom. The zero-order valence-electron chi connectivity index (χ0n) is 43.2. The van der Waals surface area contributed by atoms with Crippen molar-refractivity contribution in [2.45, 2.75) is 82.0 Å². The van der Waals surface area contributed by atoms with E-state index in [0.717, 1.165) is 56.6 Å². The number of ether oxygens (including phenoxy) is 4. The van der Waals surface area contributed by atoms with E-state index in [9.17, 15) is 41.0 Å². The first-order chi connectivity index (χ1) is 38.6. The largest absolute Gasteiger partial charge is 0.474 e. The topological polar surface area (TPSA) is 226 Å². The van der Waals surface area contributed by atoms with Crippen LogP contribution < -0.4 is 39.7 Å². The van der Waals surface area contributed by atoms with Crippen LogP contribution in [-0.4, -0.2) is 135 Å². The molecule has 28 heteroatoms. The number of fused-ring (bicyclic) bond motifs is 8. The van der Waals surface area contributed by atoms with Crippen LogP contribution in [0.3, 0.4) is 0 Å². The van der Waals surface area contributed by atoms with Crippen LogP contribution in [-0.2, 0) is 21.8 Å². The molecule has 0 aliphatic carbocycles. The fourth-order valence-corrected chi connectivity index (χ4v) is 10.6. The highest BCUT2D eigenvalue weighted by Gasteiger charge is 2.42. The van der Waals surface area contributed by atoms with Gasteiger partial charge in [-0.15, -0.1) is 0 Å². The third-order valence-electron chi connectivity index (χ3n) is 13.7. The average Bonchev–Trinajstić information content (AvgIpc) is 3.96. The number of hydrogen-bond donors (Lipinski definition) is 4. The van der Waals surface area contributed by atoms with Crippen molar-refractivity contribution in [3.63, 3.8) is 0 Å². The van der Waals surface area contributed by atoms with Crippen molar-refractivity contribution in [2.75, 3.05) is 82.8 Å². The van der Waals surface area contributed by atoms with Crippen LogP contribution >= 0.6 is 23.2 Å². The second-order valence-electron chi connectivity index (χ2n) is 20.0. The molecule has 4 atom stereocenters. The third kappa shape index (κ3) is 12.9. The second-order valence-corrected chi connectivity index (χ2v) is 20.8. The van der Waals surface area contributed by atoms with Gasteiger partial charge in [-0.25, -0.2) is 19.6 Å². The minimum atomic E-state index is -4.54. The fraction of sp³-hybridized carbons (Fsp3) is 0.396. The fourth-order valence-electron chi connectivity index (χ4n) is 10.0. The molecule has 9 heterocycles. The lowest BCUT2D eigenvalue weighted by atomic mass is 9.99. The summed E-state index contributed by atoms with van der Waals surface area (Å²) >= 11 is 13.1. The molecule has 4 N–H and O–H groups in total. The van der Waals surface area contributed by atoms with Gasteiger partial charge < -0.3 is 39.0 Å². The molecule has 81 heavy (non-hydrogen) atoms. The maximum Gasteiger partial charge on any atom is 0.416 e. The van der Waals surface area contributed by atoms with Gasteiger partial charge >= 0.3 is 24.4 Å². The van der Waals surface area contributed by atoms with E-state index >= 15 is 0 Å². The average molecular weight is 1170 g/mol. The number of amides is 4. The van der Waals surface area contributed by atoms with Gasteiger partial charge in [-0.2, -0.15) is 36.3 Å². The molecule has 4 bridgehead atoms. The number of hydrogen-bond acceptors (Lipinski definition) is 16. The molecule has 0 spiro atoms. The van der Waals surface area contributed by atoms with Gasteiger partial charge in [-0.05, 0) is 75.9 Å².